The molecule has 0 bridgehead atoms. The van der Waals surface area contributed by atoms with Crippen LogP contribution in [0.4, 0.5) is 0 Å². The Labute approximate surface area is 88.1 Å². The molecule has 1 aromatic carbocycles. The SMILES string of the molecule is COc1ccc(C(=O)CNC=S)cc1. The van der Waals surface area contributed by atoms with Crippen molar-refractivity contribution in [2.24, 2.45) is 0 Å². The maximum absolute atomic E-state index is 11.4. The smallest absolute Gasteiger partial charge is 0.181 e. The zero-order valence-corrected chi connectivity index (χ0v) is 8.64. The van der Waals surface area contributed by atoms with Crippen molar-refractivity contribution in [2.45, 2.75) is 0 Å². The lowest BCUT2D eigenvalue weighted by atomic mass is 10.1. The molecule has 4 heteroatoms. The number of ketones is 1. The highest BCUT2D eigenvalue weighted by molar-refractivity contribution is 7.78. The summed E-state index contributed by atoms with van der Waals surface area (Å²) in [7, 11) is 1.59. The second-order valence-corrected chi connectivity index (χ2v) is 2.89. The van der Waals surface area contributed by atoms with Gasteiger partial charge in [0.05, 0.1) is 19.1 Å². The quantitative estimate of drug-likeness (QED) is 0.588. The van der Waals surface area contributed by atoms with E-state index in [-0.39, 0.29) is 12.3 Å². The molecule has 0 saturated carbocycles. The molecule has 0 unspecified atom stereocenters. The molecule has 0 aliphatic heterocycles. The predicted molar refractivity (Wildman–Crippen MR) is 59.0 cm³/mol. The molecular formula is C10H11NO2S. The van der Waals surface area contributed by atoms with Crippen LogP contribution in [0.1, 0.15) is 10.4 Å². The molecule has 0 amide bonds. The summed E-state index contributed by atoms with van der Waals surface area (Å²) in [5.74, 6) is 0.748. The Morgan fingerprint density at radius 2 is 2.14 bits per heavy atom. The number of benzene rings is 1. The molecule has 1 aromatic rings. The fourth-order valence-corrected chi connectivity index (χ4v) is 1.10. The molecule has 74 valence electrons. The maximum Gasteiger partial charge on any atom is 0.181 e. The van der Waals surface area contributed by atoms with E-state index in [4.69, 9.17) is 4.74 Å². The number of methoxy groups -OCH3 is 1. The maximum atomic E-state index is 11.4. The van der Waals surface area contributed by atoms with Gasteiger partial charge in [-0.05, 0) is 24.3 Å². The zero-order chi connectivity index (χ0) is 10.4. The van der Waals surface area contributed by atoms with E-state index in [1.807, 2.05) is 0 Å². The van der Waals surface area contributed by atoms with Gasteiger partial charge in [-0.3, -0.25) is 4.79 Å². The number of nitrogens with one attached hydrogen (secondary N) is 1. The summed E-state index contributed by atoms with van der Waals surface area (Å²) >= 11 is 4.55. The van der Waals surface area contributed by atoms with E-state index in [0.29, 0.717) is 5.56 Å². The first-order valence-corrected chi connectivity index (χ1v) is 4.59. The third-order valence-corrected chi connectivity index (χ3v) is 1.92. The van der Waals surface area contributed by atoms with Crippen molar-refractivity contribution < 1.29 is 9.53 Å². The number of rotatable bonds is 5. The minimum Gasteiger partial charge on any atom is -0.497 e. The molecule has 0 saturated heterocycles. The number of hydrogen-bond acceptors (Lipinski definition) is 3. The van der Waals surface area contributed by atoms with Crippen molar-refractivity contribution in [1.29, 1.82) is 0 Å². The Bertz CT molecular complexity index is 321. The predicted octanol–water partition coefficient (Wildman–Crippen LogP) is 1.42. The largest absolute Gasteiger partial charge is 0.497 e. The van der Waals surface area contributed by atoms with Crippen LogP contribution in [-0.2, 0) is 0 Å². The van der Waals surface area contributed by atoms with Gasteiger partial charge in [-0.2, -0.15) is 0 Å². The number of hydrogen-bond donors (Lipinski definition) is 1. The van der Waals surface area contributed by atoms with Crippen LogP contribution in [0.5, 0.6) is 5.75 Å². The second kappa shape index (κ2) is 5.34. The molecule has 14 heavy (non-hydrogen) atoms. The van der Waals surface area contributed by atoms with E-state index in [0.717, 1.165) is 5.75 Å². The van der Waals surface area contributed by atoms with Crippen molar-refractivity contribution in [3.8, 4) is 5.75 Å². The zero-order valence-electron chi connectivity index (χ0n) is 7.82. The number of carbonyl (C=O) groups excluding carboxylic acids is 1. The summed E-state index contributed by atoms with van der Waals surface area (Å²) in [4.78, 5) is 11.4. The highest BCUT2D eigenvalue weighted by atomic mass is 32.1. The van der Waals surface area contributed by atoms with E-state index in [1.54, 1.807) is 31.4 Å². The monoisotopic (exact) mass is 209 g/mol. The molecule has 0 fully saturated rings. The van der Waals surface area contributed by atoms with Crippen LogP contribution < -0.4 is 10.1 Å². The fourth-order valence-electron chi connectivity index (χ4n) is 1.01. The average molecular weight is 209 g/mol. The van der Waals surface area contributed by atoms with Gasteiger partial charge in [-0.15, -0.1) is 0 Å². The van der Waals surface area contributed by atoms with Gasteiger partial charge < -0.3 is 10.1 Å². The van der Waals surface area contributed by atoms with Crippen LogP contribution in [0.15, 0.2) is 24.3 Å². The van der Waals surface area contributed by atoms with Gasteiger partial charge >= 0.3 is 0 Å². The molecule has 0 heterocycles. The lowest BCUT2D eigenvalue weighted by Gasteiger charge is -2.02. The van der Waals surface area contributed by atoms with Gasteiger partial charge in [-0.25, -0.2) is 0 Å². The topological polar surface area (TPSA) is 38.3 Å². The van der Waals surface area contributed by atoms with E-state index in [1.165, 1.54) is 5.49 Å². The van der Waals surface area contributed by atoms with E-state index >= 15 is 0 Å². The molecule has 0 aromatic heterocycles. The second-order valence-electron chi connectivity index (χ2n) is 2.65. The number of thiocarbonyl (C=S) groups is 1. The first-order chi connectivity index (χ1) is 6.77. The Hall–Kier alpha value is -1.42. The van der Waals surface area contributed by atoms with Gasteiger partial charge in [0.15, 0.2) is 5.78 Å². The average Bonchev–Trinajstić information content (AvgIpc) is 2.26. The highest BCUT2D eigenvalue weighted by Gasteiger charge is 2.03. The van der Waals surface area contributed by atoms with E-state index < -0.39 is 0 Å². The summed E-state index contributed by atoms with van der Waals surface area (Å²) in [5, 5.41) is 2.68. The summed E-state index contributed by atoms with van der Waals surface area (Å²) in [6.45, 7) is 0.232. The number of ether oxygens (including phenoxy) is 1. The van der Waals surface area contributed by atoms with Crippen molar-refractivity contribution in [2.75, 3.05) is 13.7 Å². The normalized spacial score (nSPS) is 9.21. The Kier molecular flexibility index (Phi) is 4.07. The third kappa shape index (κ3) is 2.81. The Balaban J connectivity index is 2.66. The number of carbonyl (C=O) groups is 1. The molecule has 0 atom stereocenters. The standard InChI is InChI=1S/C10H11NO2S/c1-13-9-4-2-8(3-5-9)10(12)6-11-7-14/h2-5,7H,6H2,1H3,(H,11,14). The van der Waals surface area contributed by atoms with Crippen LogP contribution in [0, 0.1) is 0 Å². The lowest BCUT2D eigenvalue weighted by Crippen LogP contribution is -2.20. The minimum absolute atomic E-state index is 0.00810. The van der Waals surface area contributed by atoms with Gasteiger partial charge in [-0.1, -0.05) is 12.2 Å². The van der Waals surface area contributed by atoms with Crippen molar-refractivity contribution >= 4 is 23.5 Å². The van der Waals surface area contributed by atoms with Crippen molar-refractivity contribution in [3.63, 3.8) is 0 Å². The molecule has 0 radical (unpaired) electrons. The van der Waals surface area contributed by atoms with Crippen LogP contribution in [0.3, 0.4) is 0 Å². The van der Waals surface area contributed by atoms with Crippen molar-refractivity contribution in [3.05, 3.63) is 29.8 Å². The fraction of sp³-hybridized carbons (Fsp3) is 0.200. The molecule has 0 spiro atoms. The first kappa shape index (κ1) is 10.7. The third-order valence-electron chi connectivity index (χ3n) is 1.76. The molecule has 0 aliphatic carbocycles. The first-order valence-electron chi connectivity index (χ1n) is 4.12. The summed E-state index contributed by atoms with van der Waals surface area (Å²) < 4.78 is 4.98. The van der Waals surface area contributed by atoms with Crippen LogP contribution in [0.25, 0.3) is 0 Å². The molecule has 3 nitrogen and oxygen atoms in total. The Morgan fingerprint density at radius 1 is 1.50 bits per heavy atom. The molecule has 1 rings (SSSR count). The van der Waals surface area contributed by atoms with Gasteiger partial charge in [0.25, 0.3) is 0 Å². The van der Waals surface area contributed by atoms with Gasteiger partial charge in [0, 0.05) is 5.56 Å². The minimum atomic E-state index is 0.00810. The summed E-state index contributed by atoms with van der Waals surface area (Å²) in [5.41, 5.74) is 1.98. The van der Waals surface area contributed by atoms with Crippen molar-refractivity contribution in [1.82, 2.24) is 5.32 Å². The molecule has 1 N–H and O–H groups in total. The summed E-state index contributed by atoms with van der Waals surface area (Å²) in [6.07, 6.45) is 0. The number of Topliss-reactive ketones (excluding diaryl/α,β-unsaturated/α-hetero) is 1. The highest BCUT2D eigenvalue weighted by Crippen LogP contribution is 2.11. The lowest BCUT2D eigenvalue weighted by molar-refractivity contribution is 0.0997. The van der Waals surface area contributed by atoms with Gasteiger partial charge in [0.1, 0.15) is 5.75 Å². The van der Waals surface area contributed by atoms with Gasteiger partial charge in [0.2, 0.25) is 0 Å². The Morgan fingerprint density at radius 3 is 2.64 bits per heavy atom. The molecule has 0 aliphatic rings. The van der Waals surface area contributed by atoms with Crippen LogP contribution >= 0.6 is 12.2 Å². The van der Waals surface area contributed by atoms with Crippen LogP contribution in [0.2, 0.25) is 0 Å². The van der Waals surface area contributed by atoms with Crippen LogP contribution in [-0.4, -0.2) is 24.9 Å². The van der Waals surface area contributed by atoms with E-state index in [2.05, 4.69) is 17.5 Å². The molecular weight excluding hydrogens is 198 g/mol. The summed E-state index contributed by atoms with van der Waals surface area (Å²) in [6, 6.07) is 6.97. The van der Waals surface area contributed by atoms with E-state index in [9.17, 15) is 4.79 Å².